The molecule has 3 rings (SSSR count). The van der Waals surface area contributed by atoms with Gasteiger partial charge in [-0.05, 0) is 66.5 Å². The summed E-state index contributed by atoms with van der Waals surface area (Å²) in [7, 11) is 0. The van der Waals surface area contributed by atoms with E-state index in [9.17, 15) is 0 Å². The zero-order valence-electron chi connectivity index (χ0n) is 11.5. The molecule has 1 saturated heterocycles. The molecule has 1 aliphatic heterocycles. The van der Waals surface area contributed by atoms with Gasteiger partial charge in [-0.3, -0.25) is 0 Å². The lowest BCUT2D eigenvalue weighted by molar-refractivity contribution is 0.0516. The van der Waals surface area contributed by atoms with E-state index in [0.717, 1.165) is 37.4 Å². The van der Waals surface area contributed by atoms with E-state index in [1.165, 1.54) is 9.09 Å². The molecule has 1 unspecified atom stereocenters. The summed E-state index contributed by atoms with van der Waals surface area (Å²) >= 11 is 8.44. The lowest BCUT2D eigenvalue weighted by Crippen LogP contribution is -2.25. The molecule has 1 aromatic heterocycles. The molecule has 0 aliphatic carbocycles. The number of nitrogens with zero attached hydrogens (tertiary/aromatic N) is 2. The highest BCUT2D eigenvalue weighted by molar-refractivity contribution is 14.1. The Bertz CT molecular complexity index is 607. The number of aromatic nitrogens is 2. The monoisotopic (exact) mass is 404 g/mol. The Hall–Kier alpha value is -0.330. The SMILES string of the molecule is CC(C1CCOCC1)n1c(CCl)nc2cc(I)ccc21. The molecule has 0 saturated carbocycles. The Morgan fingerprint density at radius 3 is 2.90 bits per heavy atom. The predicted molar refractivity (Wildman–Crippen MR) is 90.3 cm³/mol. The number of rotatable bonds is 3. The maximum atomic E-state index is 6.12. The highest BCUT2D eigenvalue weighted by Crippen LogP contribution is 2.32. The minimum absolute atomic E-state index is 0.415. The van der Waals surface area contributed by atoms with Crippen molar-refractivity contribution < 1.29 is 4.74 Å². The van der Waals surface area contributed by atoms with Crippen LogP contribution in [-0.2, 0) is 10.6 Å². The van der Waals surface area contributed by atoms with Gasteiger partial charge in [0.1, 0.15) is 5.82 Å². The van der Waals surface area contributed by atoms with Crippen molar-refractivity contribution in [2.75, 3.05) is 13.2 Å². The topological polar surface area (TPSA) is 27.1 Å². The Kier molecular flexibility index (Phi) is 4.52. The Balaban J connectivity index is 2.04. The van der Waals surface area contributed by atoms with Gasteiger partial charge in [0.05, 0.1) is 16.9 Å². The number of benzene rings is 1. The molecule has 1 aromatic carbocycles. The van der Waals surface area contributed by atoms with Crippen LogP contribution in [0.4, 0.5) is 0 Å². The van der Waals surface area contributed by atoms with Gasteiger partial charge < -0.3 is 9.30 Å². The maximum Gasteiger partial charge on any atom is 0.125 e. The van der Waals surface area contributed by atoms with Crippen molar-refractivity contribution in [3.63, 3.8) is 0 Å². The molecule has 0 bridgehead atoms. The molecule has 1 atom stereocenters. The molecule has 0 N–H and O–H groups in total. The van der Waals surface area contributed by atoms with E-state index in [0.29, 0.717) is 17.8 Å². The number of hydrogen-bond acceptors (Lipinski definition) is 2. The number of halogens is 2. The average Bonchev–Trinajstić information content (AvgIpc) is 2.84. The fourth-order valence-corrected chi connectivity index (χ4v) is 3.74. The molecule has 1 fully saturated rings. The van der Waals surface area contributed by atoms with Crippen molar-refractivity contribution in [1.29, 1.82) is 0 Å². The minimum atomic E-state index is 0.415. The van der Waals surface area contributed by atoms with E-state index < -0.39 is 0 Å². The van der Waals surface area contributed by atoms with Crippen molar-refractivity contribution in [3.05, 3.63) is 27.6 Å². The van der Waals surface area contributed by atoms with Crippen molar-refractivity contribution >= 4 is 45.2 Å². The quantitative estimate of drug-likeness (QED) is 0.561. The summed E-state index contributed by atoms with van der Waals surface area (Å²) in [6.07, 6.45) is 2.24. The largest absolute Gasteiger partial charge is 0.381 e. The van der Waals surface area contributed by atoms with Crippen LogP contribution in [0.1, 0.15) is 31.6 Å². The molecular formula is C15H18ClIN2O. The molecule has 5 heteroatoms. The number of ether oxygens (including phenoxy) is 1. The van der Waals surface area contributed by atoms with Crippen molar-refractivity contribution in [2.45, 2.75) is 31.7 Å². The maximum absolute atomic E-state index is 6.12. The molecule has 0 radical (unpaired) electrons. The summed E-state index contributed by atoms with van der Waals surface area (Å²) in [4.78, 5) is 4.70. The highest BCUT2D eigenvalue weighted by atomic mass is 127. The van der Waals surface area contributed by atoms with E-state index in [2.05, 4.69) is 52.3 Å². The van der Waals surface area contributed by atoms with Gasteiger partial charge in [-0.2, -0.15) is 0 Å². The summed E-state index contributed by atoms with van der Waals surface area (Å²) in [5.74, 6) is 2.07. The fraction of sp³-hybridized carbons (Fsp3) is 0.533. The van der Waals surface area contributed by atoms with E-state index in [-0.39, 0.29) is 0 Å². The standard InChI is InChI=1S/C15H18ClIN2O/c1-10(11-4-6-20-7-5-11)19-14-3-2-12(17)8-13(14)18-15(19)9-16/h2-3,8,10-11H,4-7,9H2,1H3. The van der Waals surface area contributed by atoms with Crippen LogP contribution in [0.3, 0.4) is 0 Å². The molecule has 2 heterocycles. The minimum Gasteiger partial charge on any atom is -0.381 e. The van der Waals surface area contributed by atoms with Gasteiger partial charge in [-0.25, -0.2) is 4.98 Å². The fourth-order valence-electron chi connectivity index (χ4n) is 3.08. The molecule has 1 aliphatic rings. The van der Waals surface area contributed by atoms with Gasteiger partial charge in [-0.15, -0.1) is 11.6 Å². The third kappa shape index (κ3) is 2.70. The molecular weight excluding hydrogens is 387 g/mol. The van der Waals surface area contributed by atoms with Crippen molar-refractivity contribution in [3.8, 4) is 0 Å². The van der Waals surface area contributed by atoms with E-state index in [1.54, 1.807) is 0 Å². The second-order valence-electron chi connectivity index (χ2n) is 5.36. The van der Waals surface area contributed by atoms with E-state index >= 15 is 0 Å². The second kappa shape index (κ2) is 6.20. The van der Waals surface area contributed by atoms with Gasteiger partial charge in [0.25, 0.3) is 0 Å². The third-order valence-electron chi connectivity index (χ3n) is 4.20. The summed E-state index contributed by atoms with van der Waals surface area (Å²) in [5.41, 5.74) is 2.24. The summed E-state index contributed by atoms with van der Waals surface area (Å²) in [6.45, 7) is 4.02. The van der Waals surface area contributed by atoms with E-state index in [1.807, 2.05) is 0 Å². The van der Waals surface area contributed by atoms with Crippen LogP contribution >= 0.6 is 34.2 Å². The zero-order chi connectivity index (χ0) is 14.1. The second-order valence-corrected chi connectivity index (χ2v) is 6.87. The van der Waals surface area contributed by atoms with Gasteiger partial charge >= 0.3 is 0 Å². The van der Waals surface area contributed by atoms with Crippen LogP contribution in [0.5, 0.6) is 0 Å². The first-order valence-electron chi connectivity index (χ1n) is 7.00. The molecule has 108 valence electrons. The first-order chi connectivity index (χ1) is 9.70. The average molecular weight is 405 g/mol. The zero-order valence-corrected chi connectivity index (χ0v) is 14.4. The van der Waals surface area contributed by atoms with Crippen LogP contribution in [0.2, 0.25) is 0 Å². The van der Waals surface area contributed by atoms with Gasteiger partial charge in [0.2, 0.25) is 0 Å². The Labute approximate surface area is 137 Å². The van der Waals surface area contributed by atoms with Gasteiger partial charge in [-0.1, -0.05) is 0 Å². The lowest BCUT2D eigenvalue weighted by atomic mass is 9.92. The normalized spacial score (nSPS) is 18.6. The smallest absolute Gasteiger partial charge is 0.125 e. The number of hydrogen-bond donors (Lipinski definition) is 0. The highest BCUT2D eigenvalue weighted by Gasteiger charge is 2.25. The number of imidazole rings is 1. The number of alkyl halides is 1. The van der Waals surface area contributed by atoms with Gasteiger partial charge in [0, 0.05) is 22.8 Å². The van der Waals surface area contributed by atoms with Gasteiger partial charge in [0.15, 0.2) is 0 Å². The molecule has 0 amide bonds. The van der Waals surface area contributed by atoms with Crippen molar-refractivity contribution in [1.82, 2.24) is 9.55 Å². The van der Waals surface area contributed by atoms with Crippen molar-refractivity contribution in [2.24, 2.45) is 5.92 Å². The van der Waals surface area contributed by atoms with Crippen LogP contribution in [0.15, 0.2) is 18.2 Å². The Morgan fingerprint density at radius 1 is 1.45 bits per heavy atom. The van der Waals surface area contributed by atoms with Crippen LogP contribution in [0, 0.1) is 9.49 Å². The predicted octanol–water partition coefficient (Wildman–Crippen LogP) is 4.37. The summed E-state index contributed by atoms with van der Waals surface area (Å²) in [5, 5.41) is 0. The van der Waals surface area contributed by atoms with E-state index in [4.69, 9.17) is 21.3 Å². The molecule has 2 aromatic rings. The lowest BCUT2D eigenvalue weighted by Gasteiger charge is -2.30. The number of fused-ring (bicyclic) bond motifs is 1. The molecule has 0 spiro atoms. The first-order valence-corrected chi connectivity index (χ1v) is 8.62. The Morgan fingerprint density at radius 2 is 2.20 bits per heavy atom. The summed E-state index contributed by atoms with van der Waals surface area (Å²) < 4.78 is 9.01. The molecule has 3 nitrogen and oxygen atoms in total. The van der Waals surface area contributed by atoms with Crippen LogP contribution < -0.4 is 0 Å². The molecule has 20 heavy (non-hydrogen) atoms. The summed E-state index contributed by atoms with van der Waals surface area (Å²) in [6, 6.07) is 6.84. The van der Waals surface area contributed by atoms with Crippen LogP contribution in [0.25, 0.3) is 11.0 Å². The van der Waals surface area contributed by atoms with Crippen LogP contribution in [-0.4, -0.2) is 22.8 Å². The first kappa shape index (κ1) is 14.6. The third-order valence-corrected chi connectivity index (χ3v) is 5.11.